The molecule has 2 aliphatic rings. The number of anilines is 1. The van der Waals surface area contributed by atoms with E-state index in [1.165, 1.54) is 12.1 Å². The number of aliphatic imine (C=N–C) groups is 1. The van der Waals surface area contributed by atoms with Gasteiger partial charge in [-0.25, -0.2) is 4.39 Å². The normalized spacial score (nSPS) is 23.0. The average molecular weight is 476 g/mol. The van der Waals surface area contributed by atoms with Crippen LogP contribution < -0.4 is 10.6 Å². The van der Waals surface area contributed by atoms with Crippen molar-refractivity contribution in [2.24, 2.45) is 10.7 Å². The van der Waals surface area contributed by atoms with Gasteiger partial charge in [0.2, 0.25) is 0 Å². The summed E-state index contributed by atoms with van der Waals surface area (Å²) >= 11 is 0. The first-order chi connectivity index (χ1) is 12.0. The molecule has 0 bridgehead atoms. The average Bonchev–Trinajstić information content (AvgIpc) is 2.63. The highest BCUT2D eigenvalue weighted by molar-refractivity contribution is 14.0. The fourth-order valence-electron chi connectivity index (χ4n) is 3.44. The first-order valence-corrected chi connectivity index (χ1v) is 8.97. The molecule has 1 aromatic rings. The van der Waals surface area contributed by atoms with Gasteiger partial charge >= 0.3 is 0 Å². The maximum atomic E-state index is 13.0. The smallest absolute Gasteiger partial charge is 0.191 e. The second-order valence-corrected chi connectivity index (χ2v) is 7.05. The lowest BCUT2D eigenvalue weighted by Gasteiger charge is -2.38. The third kappa shape index (κ3) is 5.43. The number of hydrogen-bond acceptors (Lipinski definition) is 4. The van der Waals surface area contributed by atoms with E-state index in [9.17, 15) is 4.39 Å². The predicted octanol–water partition coefficient (Wildman–Crippen LogP) is 1.13. The van der Waals surface area contributed by atoms with Crippen molar-refractivity contribution in [2.75, 3.05) is 71.4 Å². The van der Waals surface area contributed by atoms with Gasteiger partial charge in [-0.2, -0.15) is 0 Å². The molecule has 2 fully saturated rings. The second-order valence-electron chi connectivity index (χ2n) is 7.05. The summed E-state index contributed by atoms with van der Waals surface area (Å²) in [4.78, 5) is 13.8. The number of nitrogens with two attached hydrogens (primary N) is 1. The number of rotatable bonds is 3. The number of likely N-dealkylation sites (N-methyl/N-ethyl adjacent to an activating group) is 2. The summed E-state index contributed by atoms with van der Waals surface area (Å²) in [5, 5.41) is 0. The molecular weight excluding hydrogens is 446 g/mol. The van der Waals surface area contributed by atoms with Crippen LogP contribution in [-0.4, -0.2) is 93.2 Å². The highest BCUT2D eigenvalue weighted by Gasteiger charge is 2.23. The number of guanidine groups is 1. The van der Waals surface area contributed by atoms with E-state index in [0.29, 0.717) is 12.0 Å². The number of nitrogens with zero attached hydrogens (tertiary/aromatic N) is 5. The van der Waals surface area contributed by atoms with Crippen LogP contribution in [0.2, 0.25) is 0 Å². The van der Waals surface area contributed by atoms with Crippen LogP contribution in [0.1, 0.15) is 0 Å². The SMILES string of the molecule is CN1CCN(C)C(CN=C(N)N2CCN(c3ccc(F)cc3)CC2)C1.I. The lowest BCUT2D eigenvalue weighted by molar-refractivity contribution is 0.119. The van der Waals surface area contributed by atoms with Crippen LogP contribution in [-0.2, 0) is 0 Å². The molecule has 2 N–H and O–H groups in total. The molecule has 2 aliphatic heterocycles. The first-order valence-electron chi connectivity index (χ1n) is 8.97. The number of benzene rings is 1. The van der Waals surface area contributed by atoms with Crippen LogP contribution in [0, 0.1) is 5.82 Å². The molecule has 2 saturated heterocycles. The maximum absolute atomic E-state index is 13.0. The predicted molar refractivity (Wildman–Crippen MR) is 116 cm³/mol. The van der Waals surface area contributed by atoms with Gasteiger partial charge in [0.05, 0.1) is 6.54 Å². The molecule has 1 unspecified atom stereocenters. The zero-order chi connectivity index (χ0) is 17.8. The summed E-state index contributed by atoms with van der Waals surface area (Å²) in [6.45, 7) is 7.38. The second kappa shape index (κ2) is 9.70. The highest BCUT2D eigenvalue weighted by Crippen LogP contribution is 2.17. The van der Waals surface area contributed by atoms with E-state index in [-0.39, 0.29) is 29.8 Å². The summed E-state index contributed by atoms with van der Waals surface area (Å²) in [6.07, 6.45) is 0. The van der Waals surface area contributed by atoms with Crippen LogP contribution >= 0.6 is 24.0 Å². The van der Waals surface area contributed by atoms with Gasteiger partial charge in [-0.15, -0.1) is 24.0 Å². The Bertz CT molecular complexity index is 588. The number of halogens is 2. The van der Waals surface area contributed by atoms with E-state index in [0.717, 1.165) is 58.0 Å². The molecule has 3 rings (SSSR count). The molecule has 8 heteroatoms. The van der Waals surface area contributed by atoms with Crippen molar-refractivity contribution < 1.29 is 4.39 Å². The lowest BCUT2D eigenvalue weighted by Crippen LogP contribution is -2.53. The summed E-state index contributed by atoms with van der Waals surface area (Å²) < 4.78 is 13.0. The molecule has 0 aliphatic carbocycles. The van der Waals surface area contributed by atoms with E-state index in [1.807, 2.05) is 12.1 Å². The third-order valence-corrected chi connectivity index (χ3v) is 5.24. The fourth-order valence-corrected chi connectivity index (χ4v) is 3.44. The molecule has 26 heavy (non-hydrogen) atoms. The van der Waals surface area contributed by atoms with Crippen molar-refractivity contribution >= 4 is 35.6 Å². The van der Waals surface area contributed by atoms with Crippen molar-refractivity contribution in [3.8, 4) is 0 Å². The van der Waals surface area contributed by atoms with Gasteiger partial charge in [0, 0.05) is 57.5 Å². The molecule has 146 valence electrons. The van der Waals surface area contributed by atoms with Crippen LogP contribution in [0.15, 0.2) is 29.3 Å². The summed E-state index contributed by atoms with van der Waals surface area (Å²) in [5.74, 6) is 0.442. The summed E-state index contributed by atoms with van der Waals surface area (Å²) in [6, 6.07) is 7.11. The molecule has 6 nitrogen and oxygen atoms in total. The Morgan fingerprint density at radius 3 is 2.38 bits per heavy atom. The Kier molecular flexibility index (Phi) is 7.90. The molecule has 0 saturated carbocycles. The molecule has 2 heterocycles. The Balaban J connectivity index is 0.00000243. The number of hydrogen-bond donors (Lipinski definition) is 1. The van der Waals surface area contributed by atoms with Crippen molar-refractivity contribution in [1.29, 1.82) is 0 Å². The summed E-state index contributed by atoms with van der Waals surface area (Å²) in [5.41, 5.74) is 7.28. The Morgan fingerprint density at radius 1 is 1.08 bits per heavy atom. The molecule has 0 aromatic heterocycles. The molecular formula is C18H30FIN6. The highest BCUT2D eigenvalue weighted by atomic mass is 127. The fraction of sp³-hybridized carbons (Fsp3) is 0.611. The largest absolute Gasteiger partial charge is 0.370 e. The van der Waals surface area contributed by atoms with E-state index in [2.05, 4.69) is 38.7 Å². The third-order valence-electron chi connectivity index (χ3n) is 5.24. The van der Waals surface area contributed by atoms with Gasteiger partial charge in [0.25, 0.3) is 0 Å². The first kappa shape index (κ1) is 21.2. The molecule has 1 atom stereocenters. The van der Waals surface area contributed by atoms with Crippen LogP contribution in [0.5, 0.6) is 0 Å². The molecule has 0 amide bonds. The van der Waals surface area contributed by atoms with E-state index < -0.39 is 0 Å². The molecule has 1 aromatic carbocycles. The Labute approximate surface area is 172 Å². The van der Waals surface area contributed by atoms with Gasteiger partial charge in [-0.1, -0.05) is 0 Å². The van der Waals surface area contributed by atoms with Gasteiger partial charge in [0.15, 0.2) is 5.96 Å². The quantitative estimate of drug-likeness (QED) is 0.403. The van der Waals surface area contributed by atoms with E-state index in [4.69, 9.17) is 5.73 Å². The van der Waals surface area contributed by atoms with Crippen molar-refractivity contribution in [2.45, 2.75) is 6.04 Å². The Morgan fingerprint density at radius 2 is 1.73 bits per heavy atom. The molecule has 0 radical (unpaired) electrons. The summed E-state index contributed by atoms with van der Waals surface area (Å²) in [7, 11) is 4.31. The zero-order valence-electron chi connectivity index (χ0n) is 15.6. The van der Waals surface area contributed by atoms with E-state index in [1.54, 1.807) is 0 Å². The van der Waals surface area contributed by atoms with Gasteiger partial charge < -0.3 is 20.4 Å². The van der Waals surface area contributed by atoms with Crippen molar-refractivity contribution in [1.82, 2.24) is 14.7 Å². The number of piperazine rings is 2. The lowest BCUT2D eigenvalue weighted by atomic mass is 10.2. The minimum absolute atomic E-state index is 0. The minimum atomic E-state index is -0.197. The van der Waals surface area contributed by atoms with Gasteiger partial charge in [-0.05, 0) is 38.4 Å². The van der Waals surface area contributed by atoms with Gasteiger partial charge in [0.1, 0.15) is 5.82 Å². The monoisotopic (exact) mass is 476 g/mol. The Hall–Kier alpha value is -1.13. The standard InChI is InChI=1S/C18H29FN6.HI/c1-22-7-8-23(2)17(14-22)13-21-18(20)25-11-9-24(10-12-25)16-5-3-15(19)4-6-16;/h3-6,17H,7-14H2,1-2H3,(H2,20,21);1H. The minimum Gasteiger partial charge on any atom is -0.370 e. The maximum Gasteiger partial charge on any atom is 0.191 e. The topological polar surface area (TPSA) is 51.3 Å². The van der Waals surface area contributed by atoms with Crippen LogP contribution in [0.4, 0.5) is 10.1 Å². The van der Waals surface area contributed by atoms with E-state index >= 15 is 0 Å². The van der Waals surface area contributed by atoms with Crippen LogP contribution in [0.25, 0.3) is 0 Å². The van der Waals surface area contributed by atoms with Crippen LogP contribution in [0.3, 0.4) is 0 Å². The zero-order valence-corrected chi connectivity index (χ0v) is 18.0. The van der Waals surface area contributed by atoms with Gasteiger partial charge in [-0.3, -0.25) is 9.89 Å². The van der Waals surface area contributed by atoms with Crippen molar-refractivity contribution in [3.05, 3.63) is 30.1 Å². The molecule has 0 spiro atoms. The van der Waals surface area contributed by atoms with Crippen molar-refractivity contribution in [3.63, 3.8) is 0 Å².